The smallest absolute Gasteiger partial charge is 0.237 e. The van der Waals surface area contributed by atoms with Crippen LogP contribution >= 0.6 is 46.4 Å². The minimum Gasteiger partial charge on any atom is -0.314 e. The average Bonchev–Trinajstić information content (AvgIpc) is 2.39. The van der Waals surface area contributed by atoms with Crippen molar-refractivity contribution in [3.8, 4) is 0 Å². The van der Waals surface area contributed by atoms with Crippen molar-refractivity contribution in [2.24, 2.45) is 0 Å². The van der Waals surface area contributed by atoms with Gasteiger partial charge in [-0.2, -0.15) is 0 Å². The normalized spacial score (nSPS) is 22.9. The van der Waals surface area contributed by atoms with Gasteiger partial charge in [-0.25, -0.2) is 0 Å². The van der Waals surface area contributed by atoms with Gasteiger partial charge in [0.25, 0.3) is 0 Å². The van der Waals surface area contributed by atoms with Gasteiger partial charge in [-0.05, 0) is 37.1 Å². The van der Waals surface area contributed by atoms with Crippen molar-refractivity contribution in [2.75, 3.05) is 11.9 Å². The summed E-state index contributed by atoms with van der Waals surface area (Å²) in [6.07, 6.45) is 0.112. The number of nitrogens with zero attached hydrogens (tertiary/aromatic N) is 1. The lowest BCUT2D eigenvalue weighted by molar-refractivity contribution is -0.122. The minimum atomic E-state index is -1.50. The molecule has 0 bridgehead atoms. The van der Waals surface area contributed by atoms with E-state index in [0.29, 0.717) is 5.02 Å². The van der Waals surface area contributed by atoms with Crippen molar-refractivity contribution in [1.82, 2.24) is 0 Å². The molecule has 19 heavy (non-hydrogen) atoms. The molecule has 0 saturated heterocycles. The van der Waals surface area contributed by atoms with E-state index in [9.17, 15) is 4.79 Å². The highest BCUT2D eigenvalue weighted by atomic mass is 35.6. The van der Waals surface area contributed by atoms with Crippen molar-refractivity contribution in [1.29, 1.82) is 0 Å². The van der Waals surface area contributed by atoms with Crippen molar-refractivity contribution in [3.63, 3.8) is 0 Å². The Morgan fingerprint density at radius 2 is 1.89 bits per heavy atom. The van der Waals surface area contributed by atoms with Crippen molar-refractivity contribution in [3.05, 3.63) is 28.3 Å². The number of likely N-dealkylation sites (N-methyl/N-ethyl adjacent to an activating group) is 1. The summed E-state index contributed by atoms with van der Waals surface area (Å²) < 4.78 is -1.50. The molecule has 0 radical (unpaired) electrons. The lowest BCUT2D eigenvalue weighted by Gasteiger charge is -2.27. The van der Waals surface area contributed by atoms with Gasteiger partial charge < -0.3 is 4.90 Å². The highest BCUT2D eigenvalue weighted by Gasteiger charge is 2.50. The number of anilines is 1. The topological polar surface area (TPSA) is 20.3 Å². The van der Waals surface area contributed by atoms with Crippen LogP contribution in [0.3, 0.4) is 0 Å². The Labute approximate surface area is 132 Å². The molecule has 1 aromatic rings. The Morgan fingerprint density at radius 3 is 2.42 bits per heavy atom. The molecule has 0 aromatic heterocycles. The number of carbonyl (C=O) groups is 1. The zero-order valence-corrected chi connectivity index (χ0v) is 13.8. The van der Waals surface area contributed by atoms with E-state index in [1.54, 1.807) is 24.9 Å². The Hall–Kier alpha value is -0.150. The van der Waals surface area contributed by atoms with Crippen LogP contribution in [0.2, 0.25) is 5.02 Å². The molecule has 0 N–H and O–H groups in total. The number of amides is 1. The second-order valence-electron chi connectivity index (χ2n) is 5.11. The molecule has 2 rings (SSSR count). The Bertz CT molecular complexity index is 552. The van der Waals surface area contributed by atoms with Gasteiger partial charge in [-0.3, -0.25) is 4.79 Å². The predicted octanol–water partition coefficient (Wildman–Crippen LogP) is 4.64. The Morgan fingerprint density at radius 1 is 1.32 bits per heavy atom. The molecule has 0 saturated carbocycles. The molecule has 1 atom stereocenters. The van der Waals surface area contributed by atoms with Crippen LogP contribution < -0.4 is 4.90 Å². The van der Waals surface area contributed by atoms with Crippen molar-refractivity contribution < 1.29 is 4.79 Å². The van der Waals surface area contributed by atoms with Gasteiger partial charge in [-0.1, -0.05) is 46.4 Å². The quantitative estimate of drug-likeness (QED) is 0.682. The molecule has 1 aromatic carbocycles. The summed E-state index contributed by atoms with van der Waals surface area (Å²) in [6, 6.07) is 3.60. The second kappa shape index (κ2) is 4.70. The summed E-state index contributed by atoms with van der Waals surface area (Å²) in [5.74, 6) is -0.0841. The summed E-state index contributed by atoms with van der Waals surface area (Å²) in [6.45, 7) is 3.70. The van der Waals surface area contributed by atoms with E-state index < -0.39 is 9.21 Å². The van der Waals surface area contributed by atoms with Gasteiger partial charge in [0.15, 0.2) is 3.79 Å². The third-order valence-electron chi connectivity index (χ3n) is 3.53. The molecule has 0 fully saturated rings. The lowest BCUT2D eigenvalue weighted by Crippen LogP contribution is -2.38. The van der Waals surface area contributed by atoms with Crippen LogP contribution in [0.25, 0.3) is 0 Å². The molecule has 1 aliphatic heterocycles. The lowest BCUT2D eigenvalue weighted by atomic mass is 9.80. The zero-order valence-electron chi connectivity index (χ0n) is 10.7. The van der Waals surface area contributed by atoms with E-state index in [4.69, 9.17) is 46.4 Å². The molecule has 1 heterocycles. The van der Waals surface area contributed by atoms with E-state index >= 15 is 0 Å². The van der Waals surface area contributed by atoms with E-state index in [1.807, 2.05) is 13.0 Å². The first-order valence-electron chi connectivity index (χ1n) is 5.72. The third kappa shape index (κ3) is 2.56. The van der Waals surface area contributed by atoms with E-state index in [-0.39, 0.29) is 12.3 Å². The van der Waals surface area contributed by atoms with Crippen LogP contribution in [0.5, 0.6) is 0 Å². The van der Waals surface area contributed by atoms with E-state index in [0.717, 1.165) is 16.8 Å². The van der Waals surface area contributed by atoms with Crippen LogP contribution in [0.1, 0.15) is 24.5 Å². The Kier molecular flexibility index (Phi) is 3.77. The first-order chi connectivity index (χ1) is 8.56. The maximum atomic E-state index is 12.5. The number of aryl methyl sites for hydroxylation is 1. The Balaban J connectivity index is 2.65. The number of hydrogen-bond acceptors (Lipinski definition) is 1. The summed E-state index contributed by atoms with van der Waals surface area (Å²) >= 11 is 23.8. The van der Waals surface area contributed by atoms with Crippen LogP contribution in [-0.2, 0) is 10.2 Å². The number of carbonyl (C=O) groups excluding carboxylic acids is 1. The fourth-order valence-corrected chi connectivity index (χ4v) is 3.83. The highest BCUT2D eigenvalue weighted by molar-refractivity contribution is 6.67. The molecule has 6 heteroatoms. The second-order valence-corrected chi connectivity index (χ2v) is 8.06. The fourth-order valence-electron chi connectivity index (χ4n) is 2.76. The maximum absolute atomic E-state index is 12.5. The van der Waals surface area contributed by atoms with E-state index in [1.165, 1.54) is 0 Å². The molecule has 1 amide bonds. The van der Waals surface area contributed by atoms with Gasteiger partial charge in [0.1, 0.15) is 0 Å². The summed E-state index contributed by atoms with van der Waals surface area (Å²) in [5, 5.41) is 0.579. The number of hydrogen-bond donors (Lipinski definition) is 0. The molecule has 0 aliphatic carbocycles. The number of fused-ring (bicyclic) bond motifs is 1. The highest BCUT2D eigenvalue weighted by Crippen LogP contribution is 2.50. The molecule has 1 unspecified atom stereocenters. The molecule has 2 nitrogen and oxygen atoms in total. The molecule has 1 aliphatic rings. The monoisotopic (exact) mass is 339 g/mol. The number of alkyl halides is 3. The number of benzene rings is 1. The maximum Gasteiger partial charge on any atom is 0.237 e. The molecule has 104 valence electrons. The minimum absolute atomic E-state index is 0.0841. The van der Waals surface area contributed by atoms with Crippen molar-refractivity contribution >= 4 is 58.0 Å². The molecular formula is C13H13Cl4NO. The first kappa shape index (κ1) is 15.2. The fraction of sp³-hybridized carbons (Fsp3) is 0.462. The summed E-state index contributed by atoms with van der Waals surface area (Å²) in [7, 11) is 1.73. The number of rotatable bonds is 1. The van der Waals surface area contributed by atoms with Crippen molar-refractivity contribution in [2.45, 2.75) is 29.5 Å². The van der Waals surface area contributed by atoms with Gasteiger partial charge in [0.2, 0.25) is 5.91 Å². The molecular weight excluding hydrogens is 328 g/mol. The van der Waals surface area contributed by atoms with Crippen LogP contribution in [0.15, 0.2) is 12.1 Å². The average molecular weight is 341 g/mol. The van der Waals surface area contributed by atoms with E-state index in [2.05, 4.69) is 0 Å². The zero-order chi connectivity index (χ0) is 14.6. The van der Waals surface area contributed by atoms with Crippen LogP contribution in [-0.4, -0.2) is 16.7 Å². The SMILES string of the molecule is Cc1cc(Cl)cc2c1N(C)C(=O)C2(C)CC(Cl)(Cl)Cl. The van der Waals surface area contributed by atoms with Gasteiger partial charge in [-0.15, -0.1) is 0 Å². The van der Waals surface area contributed by atoms with Gasteiger partial charge in [0, 0.05) is 18.5 Å². The first-order valence-corrected chi connectivity index (χ1v) is 7.23. The van der Waals surface area contributed by atoms with Crippen LogP contribution in [0, 0.1) is 6.92 Å². The van der Waals surface area contributed by atoms with Gasteiger partial charge in [0.05, 0.1) is 11.1 Å². The number of halogens is 4. The standard InChI is InChI=1S/C13H13Cl4NO/c1-7-4-8(14)5-9-10(7)18(3)11(19)12(9,2)6-13(15,16)17/h4-5H,6H2,1-3H3. The van der Waals surface area contributed by atoms with Gasteiger partial charge >= 0.3 is 0 Å². The summed E-state index contributed by atoms with van der Waals surface area (Å²) in [5.41, 5.74) is 1.74. The predicted molar refractivity (Wildman–Crippen MR) is 81.9 cm³/mol. The summed E-state index contributed by atoms with van der Waals surface area (Å²) in [4.78, 5) is 14.1. The molecule has 0 spiro atoms. The third-order valence-corrected chi connectivity index (χ3v) is 4.14. The largest absolute Gasteiger partial charge is 0.314 e. The van der Waals surface area contributed by atoms with Crippen LogP contribution in [0.4, 0.5) is 5.69 Å².